The van der Waals surface area contributed by atoms with Crippen molar-refractivity contribution in [3.8, 4) is 0 Å². The van der Waals surface area contributed by atoms with Gasteiger partial charge in [-0.2, -0.15) is 0 Å². The highest BCUT2D eigenvalue weighted by Gasteiger charge is 2.09. The van der Waals surface area contributed by atoms with Gasteiger partial charge in [-0.25, -0.2) is 4.39 Å². The Hall–Kier alpha value is -1.09. The van der Waals surface area contributed by atoms with Crippen molar-refractivity contribution in [1.29, 1.82) is 0 Å². The number of benzene rings is 1. The summed E-state index contributed by atoms with van der Waals surface area (Å²) >= 11 is 5.64. The lowest BCUT2D eigenvalue weighted by atomic mass is 10.3. The molecule has 1 heterocycles. The molecule has 0 spiro atoms. The Morgan fingerprint density at radius 1 is 1.43 bits per heavy atom. The Balaban J connectivity index is 2.16. The van der Waals surface area contributed by atoms with Gasteiger partial charge in [0, 0.05) is 18.0 Å². The van der Waals surface area contributed by atoms with Crippen LogP contribution in [0.5, 0.6) is 0 Å². The lowest BCUT2D eigenvalue weighted by Crippen LogP contribution is -2.09. The van der Waals surface area contributed by atoms with Crippen LogP contribution in [0.3, 0.4) is 0 Å². The van der Waals surface area contributed by atoms with E-state index in [0.717, 1.165) is 25.2 Å². The zero-order valence-corrected chi connectivity index (χ0v) is 8.31. The first-order chi connectivity index (χ1) is 6.75. The zero-order chi connectivity index (χ0) is 9.97. The van der Waals surface area contributed by atoms with Crippen molar-refractivity contribution in [2.24, 2.45) is 4.99 Å². The lowest BCUT2D eigenvalue weighted by Gasteiger charge is -2.06. The Bertz CT molecular complexity index is 376. The van der Waals surface area contributed by atoms with Crippen molar-refractivity contribution in [3.63, 3.8) is 0 Å². The van der Waals surface area contributed by atoms with Gasteiger partial charge < -0.3 is 5.32 Å². The van der Waals surface area contributed by atoms with Crippen LogP contribution >= 0.6 is 11.6 Å². The summed E-state index contributed by atoms with van der Waals surface area (Å²) < 4.78 is 13.3. The summed E-state index contributed by atoms with van der Waals surface area (Å²) in [5, 5.41) is 3.36. The van der Waals surface area contributed by atoms with E-state index in [1.54, 1.807) is 12.1 Å². The quantitative estimate of drug-likeness (QED) is 0.760. The van der Waals surface area contributed by atoms with E-state index in [2.05, 4.69) is 10.3 Å². The van der Waals surface area contributed by atoms with Crippen LogP contribution in [-0.2, 0) is 0 Å². The van der Waals surface area contributed by atoms with E-state index in [9.17, 15) is 4.39 Å². The third-order valence-electron chi connectivity index (χ3n) is 2.08. The molecular weight excluding hydrogens is 203 g/mol. The molecule has 0 fully saturated rings. The van der Waals surface area contributed by atoms with E-state index in [4.69, 9.17) is 11.6 Å². The Kier molecular flexibility index (Phi) is 2.68. The van der Waals surface area contributed by atoms with Gasteiger partial charge in [0.15, 0.2) is 0 Å². The molecule has 2 nitrogen and oxygen atoms in total. The molecule has 0 bridgehead atoms. The van der Waals surface area contributed by atoms with Crippen molar-refractivity contribution in [2.45, 2.75) is 12.8 Å². The van der Waals surface area contributed by atoms with E-state index in [0.29, 0.717) is 10.7 Å². The van der Waals surface area contributed by atoms with Gasteiger partial charge >= 0.3 is 0 Å². The largest absolute Gasteiger partial charge is 0.342 e. The number of amidine groups is 1. The Morgan fingerprint density at radius 2 is 2.29 bits per heavy atom. The molecule has 1 aliphatic rings. The van der Waals surface area contributed by atoms with Gasteiger partial charge in [0.05, 0.1) is 5.69 Å². The summed E-state index contributed by atoms with van der Waals surface area (Å²) in [5.74, 6) is 0.512. The van der Waals surface area contributed by atoms with Crippen LogP contribution in [0.2, 0.25) is 5.02 Å². The highest BCUT2D eigenvalue weighted by atomic mass is 35.5. The molecule has 0 aliphatic carbocycles. The van der Waals surface area contributed by atoms with Crippen molar-refractivity contribution in [1.82, 2.24) is 0 Å². The second-order valence-corrected chi connectivity index (χ2v) is 3.62. The summed E-state index contributed by atoms with van der Waals surface area (Å²) in [5.41, 5.74) is 0.440. The molecule has 0 atom stereocenters. The molecule has 0 unspecified atom stereocenters. The average Bonchev–Trinajstić information content (AvgIpc) is 2.62. The molecule has 14 heavy (non-hydrogen) atoms. The molecule has 0 saturated heterocycles. The van der Waals surface area contributed by atoms with E-state index in [1.165, 1.54) is 6.07 Å². The molecule has 4 heteroatoms. The van der Waals surface area contributed by atoms with Gasteiger partial charge in [-0.3, -0.25) is 4.99 Å². The van der Waals surface area contributed by atoms with E-state index < -0.39 is 0 Å². The minimum absolute atomic E-state index is 0.341. The standard InChI is InChI=1S/C10H10ClFN2/c11-7-3-4-9(8(12)6-7)14-10-2-1-5-13-10/h3-4,6H,1-2,5H2,(H,13,14). The van der Waals surface area contributed by atoms with Crippen molar-refractivity contribution >= 4 is 23.1 Å². The maximum atomic E-state index is 13.3. The SMILES string of the molecule is Fc1cc(Cl)ccc1NC1=NCCC1. The fraction of sp³-hybridized carbons (Fsp3) is 0.300. The minimum Gasteiger partial charge on any atom is -0.342 e. The van der Waals surface area contributed by atoms with Crippen LogP contribution in [0, 0.1) is 5.82 Å². The van der Waals surface area contributed by atoms with E-state index in [1.807, 2.05) is 0 Å². The molecule has 1 aromatic rings. The summed E-state index contributed by atoms with van der Waals surface area (Å²) in [6.45, 7) is 0.831. The smallest absolute Gasteiger partial charge is 0.148 e. The predicted octanol–water partition coefficient (Wildman–Crippen LogP) is 3.08. The number of hydrogen-bond donors (Lipinski definition) is 1. The zero-order valence-electron chi connectivity index (χ0n) is 7.56. The first kappa shape index (κ1) is 9.46. The number of nitrogens with zero attached hydrogens (tertiary/aromatic N) is 1. The highest BCUT2D eigenvalue weighted by Crippen LogP contribution is 2.20. The fourth-order valence-corrected chi connectivity index (χ4v) is 1.55. The summed E-state index contributed by atoms with van der Waals surface area (Å²) in [6.07, 6.45) is 1.93. The molecular formula is C10H10ClFN2. The topological polar surface area (TPSA) is 24.4 Å². The summed E-state index contributed by atoms with van der Waals surface area (Å²) in [6, 6.07) is 4.57. The van der Waals surface area contributed by atoms with Gasteiger partial charge in [0.1, 0.15) is 11.7 Å². The van der Waals surface area contributed by atoms with Crippen LogP contribution in [0.1, 0.15) is 12.8 Å². The molecule has 0 aromatic heterocycles. The molecule has 0 saturated carbocycles. The van der Waals surface area contributed by atoms with E-state index >= 15 is 0 Å². The van der Waals surface area contributed by atoms with Gasteiger partial charge in [-0.15, -0.1) is 0 Å². The van der Waals surface area contributed by atoms with Crippen molar-refractivity contribution < 1.29 is 4.39 Å². The highest BCUT2D eigenvalue weighted by molar-refractivity contribution is 6.30. The number of anilines is 1. The lowest BCUT2D eigenvalue weighted by molar-refractivity contribution is 0.632. The van der Waals surface area contributed by atoms with Gasteiger partial charge in [-0.05, 0) is 24.6 Å². The van der Waals surface area contributed by atoms with Crippen LogP contribution in [-0.4, -0.2) is 12.4 Å². The Labute approximate surface area is 86.8 Å². The van der Waals surface area contributed by atoms with Crippen molar-refractivity contribution in [3.05, 3.63) is 29.0 Å². The minimum atomic E-state index is -0.341. The van der Waals surface area contributed by atoms with Crippen LogP contribution in [0.25, 0.3) is 0 Å². The molecule has 1 aromatic carbocycles. The second kappa shape index (κ2) is 3.96. The number of halogens is 2. The molecule has 0 radical (unpaired) electrons. The molecule has 0 amide bonds. The number of aliphatic imine (C=N–C) groups is 1. The number of nitrogens with one attached hydrogen (secondary N) is 1. The predicted molar refractivity (Wildman–Crippen MR) is 56.6 cm³/mol. The second-order valence-electron chi connectivity index (χ2n) is 3.18. The molecule has 2 rings (SSSR count). The van der Waals surface area contributed by atoms with E-state index in [-0.39, 0.29) is 5.82 Å². The van der Waals surface area contributed by atoms with Gasteiger partial charge in [0.25, 0.3) is 0 Å². The third kappa shape index (κ3) is 2.04. The first-order valence-corrected chi connectivity index (χ1v) is 4.89. The normalized spacial score (nSPS) is 15.4. The van der Waals surface area contributed by atoms with Crippen molar-refractivity contribution in [2.75, 3.05) is 11.9 Å². The average molecular weight is 213 g/mol. The first-order valence-electron chi connectivity index (χ1n) is 4.51. The van der Waals surface area contributed by atoms with Gasteiger partial charge in [-0.1, -0.05) is 11.6 Å². The number of hydrogen-bond acceptors (Lipinski definition) is 2. The van der Waals surface area contributed by atoms with Crippen LogP contribution < -0.4 is 5.32 Å². The van der Waals surface area contributed by atoms with Gasteiger partial charge in [0.2, 0.25) is 0 Å². The molecule has 1 aliphatic heterocycles. The fourth-order valence-electron chi connectivity index (χ4n) is 1.39. The number of rotatable bonds is 1. The monoisotopic (exact) mass is 212 g/mol. The summed E-state index contributed by atoms with van der Waals surface area (Å²) in [7, 11) is 0. The maximum Gasteiger partial charge on any atom is 0.148 e. The van der Waals surface area contributed by atoms with Crippen LogP contribution in [0.4, 0.5) is 10.1 Å². The Morgan fingerprint density at radius 3 is 2.93 bits per heavy atom. The summed E-state index contributed by atoms with van der Waals surface area (Å²) in [4.78, 5) is 4.20. The molecule has 1 N–H and O–H groups in total. The molecule has 74 valence electrons. The third-order valence-corrected chi connectivity index (χ3v) is 2.32. The maximum absolute atomic E-state index is 13.3. The van der Waals surface area contributed by atoms with Crippen LogP contribution in [0.15, 0.2) is 23.2 Å².